The van der Waals surface area contributed by atoms with Crippen molar-refractivity contribution in [3.05, 3.63) is 82.5 Å². The van der Waals surface area contributed by atoms with E-state index in [4.69, 9.17) is 4.74 Å². The third kappa shape index (κ3) is 6.30. The highest BCUT2D eigenvalue weighted by molar-refractivity contribution is 9.10. The van der Waals surface area contributed by atoms with Crippen LogP contribution < -0.4 is 14.8 Å². The fourth-order valence-corrected chi connectivity index (χ4v) is 3.61. The van der Waals surface area contributed by atoms with Gasteiger partial charge in [-0.25, -0.2) is 13.4 Å². The molecule has 30 heavy (non-hydrogen) atoms. The van der Waals surface area contributed by atoms with Gasteiger partial charge in [0.05, 0.1) is 17.9 Å². The quantitative estimate of drug-likeness (QED) is 0.509. The average molecular weight is 490 g/mol. The van der Waals surface area contributed by atoms with Gasteiger partial charge in [0.15, 0.2) is 0 Å². The molecular formula is C21H20BrN3O4S. The average Bonchev–Trinajstić information content (AvgIpc) is 2.67. The van der Waals surface area contributed by atoms with Crippen LogP contribution in [0.1, 0.15) is 28.9 Å². The molecule has 0 bridgehead atoms. The van der Waals surface area contributed by atoms with Gasteiger partial charge in [-0.15, -0.1) is 0 Å². The minimum absolute atomic E-state index is 0.300. The van der Waals surface area contributed by atoms with E-state index in [0.29, 0.717) is 22.9 Å². The van der Waals surface area contributed by atoms with E-state index >= 15 is 0 Å². The van der Waals surface area contributed by atoms with Crippen LogP contribution in [0.5, 0.6) is 11.6 Å². The first-order valence-electron chi connectivity index (χ1n) is 8.98. The van der Waals surface area contributed by atoms with Crippen LogP contribution in [0.3, 0.4) is 0 Å². The lowest BCUT2D eigenvalue weighted by atomic mass is 10.1. The molecule has 2 aromatic carbocycles. The van der Waals surface area contributed by atoms with E-state index in [0.717, 1.165) is 16.3 Å². The monoisotopic (exact) mass is 489 g/mol. The number of amides is 1. The highest BCUT2D eigenvalue weighted by Gasteiger charge is 2.13. The summed E-state index contributed by atoms with van der Waals surface area (Å²) in [6.45, 7) is 1.82. The van der Waals surface area contributed by atoms with Crippen molar-refractivity contribution in [2.75, 3.05) is 11.0 Å². The van der Waals surface area contributed by atoms with Crippen molar-refractivity contribution < 1.29 is 17.9 Å². The number of ether oxygens (including phenoxy) is 1. The van der Waals surface area contributed by atoms with Gasteiger partial charge in [-0.3, -0.25) is 9.52 Å². The van der Waals surface area contributed by atoms with E-state index in [-0.39, 0.29) is 11.9 Å². The largest absolute Gasteiger partial charge is 0.439 e. The van der Waals surface area contributed by atoms with Crippen molar-refractivity contribution in [3.8, 4) is 11.6 Å². The normalized spacial score (nSPS) is 12.1. The lowest BCUT2D eigenvalue weighted by Gasteiger charge is -2.16. The number of anilines is 1. The summed E-state index contributed by atoms with van der Waals surface area (Å²) in [6, 6.07) is 17.1. The molecule has 2 N–H and O–H groups in total. The number of hydrogen-bond acceptors (Lipinski definition) is 5. The van der Waals surface area contributed by atoms with Crippen molar-refractivity contribution in [3.63, 3.8) is 0 Å². The van der Waals surface area contributed by atoms with E-state index < -0.39 is 10.0 Å². The smallest absolute Gasteiger partial charge is 0.253 e. The lowest BCUT2D eigenvalue weighted by Crippen LogP contribution is -2.26. The topological polar surface area (TPSA) is 97.4 Å². The van der Waals surface area contributed by atoms with Crippen molar-refractivity contribution in [1.29, 1.82) is 0 Å². The van der Waals surface area contributed by atoms with E-state index in [1.54, 1.807) is 30.3 Å². The zero-order chi connectivity index (χ0) is 21.7. The Morgan fingerprint density at radius 1 is 1.10 bits per heavy atom. The summed E-state index contributed by atoms with van der Waals surface area (Å²) < 4.78 is 31.8. The molecule has 1 atom stereocenters. The van der Waals surface area contributed by atoms with Gasteiger partial charge in [-0.05, 0) is 48.9 Å². The van der Waals surface area contributed by atoms with Crippen molar-refractivity contribution in [1.82, 2.24) is 10.3 Å². The van der Waals surface area contributed by atoms with E-state index in [1.807, 2.05) is 37.3 Å². The Hall–Kier alpha value is -2.91. The third-order valence-electron chi connectivity index (χ3n) is 4.05. The van der Waals surface area contributed by atoms with Gasteiger partial charge in [-0.2, -0.15) is 0 Å². The van der Waals surface area contributed by atoms with Crippen LogP contribution in [0.15, 0.2) is 71.3 Å². The fraction of sp³-hybridized carbons (Fsp3) is 0.143. The van der Waals surface area contributed by atoms with Crippen LogP contribution in [-0.2, 0) is 10.0 Å². The molecule has 156 valence electrons. The molecular weight excluding hydrogens is 470 g/mol. The van der Waals surface area contributed by atoms with Gasteiger partial charge < -0.3 is 10.1 Å². The van der Waals surface area contributed by atoms with E-state index in [2.05, 4.69) is 31.0 Å². The Bertz CT molecular complexity index is 1150. The number of nitrogens with zero attached hydrogens (tertiary/aromatic N) is 1. The first kappa shape index (κ1) is 21.8. The Balaban J connectivity index is 1.65. The van der Waals surface area contributed by atoms with Gasteiger partial charge in [0.1, 0.15) is 5.75 Å². The highest BCUT2D eigenvalue weighted by Crippen LogP contribution is 2.23. The Labute approximate surface area is 183 Å². The molecule has 1 unspecified atom stereocenters. The molecule has 3 aromatic rings. The van der Waals surface area contributed by atoms with Gasteiger partial charge >= 0.3 is 0 Å². The summed E-state index contributed by atoms with van der Waals surface area (Å²) in [6.07, 6.45) is 2.53. The summed E-state index contributed by atoms with van der Waals surface area (Å²) in [7, 11) is -3.37. The van der Waals surface area contributed by atoms with Crippen LogP contribution in [0.25, 0.3) is 0 Å². The summed E-state index contributed by atoms with van der Waals surface area (Å²) in [4.78, 5) is 16.7. The number of halogens is 1. The Morgan fingerprint density at radius 3 is 2.53 bits per heavy atom. The minimum Gasteiger partial charge on any atom is -0.439 e. The number of aromatic nitrogens is 1. The fourth-order valence-electron chi connectivity index (χ4n) is 2.68. The van der Waals surface area contributed by atoms with Gasteiger partial charge in [0, 0.05) is 22.4 Å². The molecule has 3 rings (SSSR count). The first-order chi connectivity index (χ1) is 14.2. The lowest BCUT2D eigenvalue weighted by molar-refractivity contribution is 0.0939. The second-order valence-electron chi connectivity index (χ2n) is 6.64. The molecule has 0 saturated carbocycles. The zero-order valence-electron chi connectivity index (χ0n) is 16.3. The standard InChI is InChI=1S/C21H20BrN3O4S/c1-14(15-5-3-7-18(11-15)25-30(2,27)28)24-21(26)16-9-10-20(23-13-16)29-19-8-4-6-17(22)12-19/h3-14,25H,1-2H3,(H,24,26). The van der Waals surface area contributed by atoms with Crippen LogP contribution in [0.2, 0.25) is 0 Å². The van der Waals surface area contributed by atoms with Gasteiger partial charge in [0.25, 0.3) is 5.91 Å². The molecule has 0 saturated heterocycles. The number of pyridine rings is 1. The maximum Gasteiger partial charge on any atom is 0.253 e. The van der Waals surface area contributed by atoms with Crippen molar-refractivity contribution >= 4 is 37.5 Å². The number of nitrogens with one attached hydrogen (secondary N) is 2. The summed E-state index contributed by atoms with van der Waals surface area (Å²) >= 11 is 3.38. The molecule has 1 heterocycles. The van der Waals surface area contributed by atoms with Crippen LogP contribution in [-0.4, -0.2) is 25.6 Å². The molecule has 7 nitrogen and oxygen atoms in total. The Kier molecular flexibility index (Phi) is 6.73. The molecule has 0 aliphatic heterocycles. The minimum atomic E-state index is -3.37. The maximum absolute atomic E-state index is 12.5. The van der Waals surface area contributed by atoms with Crippen molar-refractivity contribution in [2.24, 2.45) is 0 Å². The predicted octanol–water partition coefficient (Wildman–Crippen LogP) is 4.50. The number of benzene rings is 2. The van der Waals surface area contributed by atoms with Crippen molar-refractivity contribution in [2.45, 2.75) is 13.0 Å². The number of carbonyl (C=O) groups excluding carboxylic acids is 1. The molecule has 0 aliphatic carbocycles. The molecule has 0 aliphatic rings. The summed E-state index contributed by atoms with van der Waals surface area (Å²) in [5, 5.41) is 2.88. The molecule has 1 amide bonds. The zero-order valence-corrected chi connectivity index (χ0v) is 18.7. The number of sulfonamides is 1. The van der Waals surface area contributed by atoms with Gasteiger partial charge in [-0.1, -0.05) is 34.1 Å². The summed E-state index contributed by atoms with van der Waals surface area (Å²) in [5.74, 6) is 0.702. The van der Waals surface area contributed by atoms with Crippen LogP contribution >= 0.6 is 15.9 Å². The number of carbonyl (C=O) groups is 1. The first-order valence-corrected chi connectivity index (χ1v) is 11.7. The third-order valence-corrected chi connectivity index (χ3v) is 5.15. The molecule has 9 heteroatoms. The molecule has 0 fully saturated rings. The second kappa shape index (κ2) is 9.27. The number of hydrogen-bond donors (Lipinski definition) is 2. The van der Waals surface area contributed by atoms with E-state index in [9.17, 15) is 13.2 Å². The van der Waals surface area contributed by atoms with E-state index in [1.165, 1.54) is 6.20 Å². The summed E-state index contributed by atoms with van der Waals surface area (Å²) in [5.41, 5.74) is 1.58. The highest BCUT2D eigenvalue weighted by atomic mass is 79.9. The SMILES string of the molecule is CC(NC(=O)c1ccc(Oc2cccc(Br)c2)nc1)c1cccc(NS(C)(=O)=O)c1. The second-order valence-corrected chi connectivity index (χ2v) is 9.30. The number of rotatable bonds is 7. The van der Waals surface area contributed by atoms with Gasteiger partial charge in [0.2, 0.25) is 15.9 Å². The maximum atomic E-state index is 12.5. The molecule has 0 radical (unpaired) electrons. The molecule has 0 spiro atoms. The Morgan fingerprint density at radius 2 is 1.87 bits per heavy atom. The molecule has 1 aromatic heterocycles. The predicted molar refractivity (Wildman–Crippen MR) is 119 cm³/mol. The van der Waals surface area contributed by atoms with Crippen LogP contribution in [0.4, 0.5) is 5.69 Å². The van der Waals surface area contributed by atoms with Crippen LogP contribution in [0, 0.1) is 0 Å².